The lowest BCUT2D eigenvalue weighted by Gasteiger charge is -2.13. The average Bonchev–Trinajstić information content (AvgIpc) is 2.46. The number of halogens is 1. The number of aromatic nitrogens is 1. The molecular weight excluding hydrogens is 266 g/mol. The Balaban J connectivity index is 2.26. The smallest absolute Gasteiger partial charge is 0.172 e. The van der Waals surface area contributed by atoms with Gasteiger partial charge in [-0.05, 0) is 12.1 Å². The molecule has 1 aromatic carbocycles. The molecule has 19 heavy (non-hydrogen) atoms. The monoisotopic (exact) mass is 277 g/mol. The summed E-state index contributed by atoms with van der Waals surface area (Å²) < 4.78 is 10.8. The minimum Gasteiger partial charge on any atom is -0.493 e. The molecule has 0 radical (unpaired) electrons. The summed E-state index contributed by atoms with van der Waals surface area (Å²) in [6.45, 7) is 0.298. The third-order valence-corrected chi connectivity index (χ3v) is 2.72. The Morgan fingerprint density at radius 3 is 2.89 bits per heavy atom. The highest BCUT2D eigenvalue weighted by Crippen LogP contribution is 2.34. The summed E-state index contributed by atoms with van der Waals surface area (Å²) in [6, 6.07) is 6.84. The van der Waals surface area contributed by atoms with Crippen molar-refractivity contribution in [3.05, 3.63) is 52.8 Å². The maximum atomic E-state index is 11.1. The highest BCUT2D eigenvalue weighted by molar-refractivity contribution is 6.31. The van der Waals surface area contributed by atoms with Crippen LogP contribution in [0, 0.1) is 0 Å². The van der Waals surface area contributed by atoms with Gasteiger partial charge in [0.15, 0.2) is 17.8 Å². The standard InChI is InChI=1S/C14H12ClNO3/c1-18-13-6-12(15)5-11(8-17)14(13)19-9-10-3-2-4-16-7-10/h2-8H,9H2,1H3. The van der Waals surface area contributed by atoms with E-state index in [4.69, 9.17) is 21.1 Å². The highest BCUT2D eigenvalue weighted by Gasteiger charge is 2.12. The van der Waals surface area contributed by atoms with E-state index < -0.39 is 0 Å². The van der Waals surface area contributed by atoms with Crippen LogP contribution in [0.5, 0.6) is 11.5 Å². The first-order valence-corrected chi connectivity index (χ1v) is 5.97. The van der Waals surface area contributed by atoms with Crippen molar-refractivity contribution >= 4 is 17.9 Å². The zero-order valence-electron chi connectivity index (χ0n) is 10.3. The average molecular weight is 278 g/mol. The lowest BCUT2D eigenvalue weighted by Crippen LogP contribution is -2.01. The molecule has 0 saturated carbocycles. The van der Waals surface area contributed by atoms with Gasteiger partial charge in [0, 0.05) is 29.0 Å². The van der Waals surface area contributed by atoms with E-state index in [-0.39, 0.29) is 0 Å². The summed E-state index contributed by atoms with van der Waals surface area (Å²) in [5.74, 6) is 0.809. The van der Waals surface area contributed by atoms with Crippen molar-refractivity contribution in [1.29, 1.82) is 0 Å². The summed E-state index contributed by atoms with van der Waals surface area (Å²) >= 11 is 5.89. The van der Waals surface area contributed by atoms with Gasteiger partial charge in [0.05, 0.1) is 12.7 Å². The lowest BCUT2D eigenvalue weighted by molar-refractivity contribution is 0.111. The van der Waals surface area contributed by atoms with E-state index in [9.17, 15) is 4.79 Å². The molecule has 98 valence electrons. The topological polar surface area (TPSA) is 48.4 Å². The number of hydrogen-bond acceptors (Lipinski definition) is 4. The van der Waals surface area contributed by atoms with E-state index in [0.717, 1.165) is 5.56 Å². The number of carbonyl (C=O) groups excluding carboxylic acids is 1. The van der Waals surface area contributed by atoms with E-state index in [1.54, 1.807) is 18.5 Å². The van der Waals surface area contributed by atoms with Crippen LogP contribution in [-0.2, 0) is 6.61 Å². The number of pyridine rings is 1. The Morgan fingerprint density at radius 1 is 1.42 bits per heavy atom. The van der Waals surface area contributed by atoms with E-state index in [0.29, 0.717) is 35.0 Å². The molecule has 0 bridgehead atoms. The lowest BCUT2D eigenvalue weighted by atomic mass is 10.2. The third kappa shape index (κ3) is 3.23. The number of nitrogens with zero attached hydrogens (tertiary/aromatic N) is 1. The number of rotatable bonds is 5. The molecule has 0 aliphatic rings. The zero-order chi connectivity index (χ0) is 13.7. The van der Waals surface area contributed by atoms with E-state index in [1.165, 1.54) is 13.2 Å². The van der Waals surface area contributed by atoms with Gasteiger partial charge < -0.3 is 9.47 Å². The van der Waals surface area contributed by atoms with Crippen LogP contribution >= 0.6 is 11.6 Å². The number of hydrogen-bond donors (Lipinski definition) is 0. The Labute approximate surface area is 115 Å². The molecule has 2 rings (SSSR count). The molecule has 1 aromatic heterocycles. The minimum absolute atomic E-state index is 0.298. The molecule has 0 N–H and O–H groups in total. The fraction of sp³-hybridized carbons (Fsp3) is 0.143. The van der Waals surface area contributed by atoms with Crippen molar-refractivity contribution in [2.75, 3.05) is 7.11 Å². The van der Waals surface area contributed by atoms with Gasteiger partial charge in [-0.2, -0.15) is 0 Å². The van der Waals surface area contributed by atoms with Crippen molar-refractivity contribution in [3.63, 3.8) is 0 Å². The zero-order valence-corrected chi connectivity index (χ0v) is 11.1. The largest absolute Gasteiger partial charge is 0.493 e. The number of ether oxygens (including phenoxy) is 2. The fourth-order valence-corrected chi connectivity index (χ4v) is 1.84. The summed E-state index contributed by atoms with van der Waals surface area (Å²) in [4.78, 5) is 15.0. The maximum absolute atomic E-state index is 11.1. The Morgan fingerprint density at radius 2 is 2.26 bits per heavy atom. The Bertz CT molecular complexity index is 572. The molecule has 0 spiro atoms. The van der Waals surface area contributed by atoms with Gasteiger partial charge in [0.1, 0.15) is 6.61 Å². The van der Waals surface area contributed by atoms with Crippen LogP contribution in [0.2, 0.25) is 5.02 Å². The van der Waals surface area contributed by atoms with Gasteiger partial charge in [-0.15, -0.1) is 0 Å². The quantitative estimate of drug-likeness (QED) is 0.788. The highest BCUT2D eigenvalue weighted by atomic mass is 35.5. The number of carbonyl (C=O) groups is 1. The van der Waals surface area contributed by atoms with Crippen molar-refractivity contribution < 1.29 is 14.3 Å². The minimum atomic E-state index is 0.298. The molecule has 0 saturated heterocycles. The van der Waals surface area contributed by atoms with Gasteiger partial charge in [-0.3, -0.25) is 9.78 Å². The van der Waals surface area contributed by atoms with Gasteiger partial charge in [0.2, 0.25) is 0 Å². The van der Waals surface area contributed by atoms with E-state index >= 15 is 0 Å². The maximum Gasteiger partial charge on any atom is 0.172 e. The van der Waals surface area contributed by atoms with Gasteiger partial charge >= 0.3 is 0 Å². The normalized spacial score (nSPS) is 10.0. The molecule has 0 aliphatic heterocycles. The second-order valence-electron chi connectivity index (χ2n) is 3.79. The summed E-state index contributed by atoms with van der Waals surface area (Å²) in [5, 5.41) is 0.424. The van der Waals surface area contributed by atoms with Crippen molar-refractivity contribution in [2.24, 2.45) is 0 Å². The van der Waals surface area contributed by atoms with Crippen LogP contribution in [0.3, 0.4) is 0 Å². The summed E-state index contributed by atoms with van der Waals surface area (Å²) in [6.07, 6.45) is 4.07. The van der Waals surface area contributed by atoms with Crippen molar-refractivity contribution in [1.82, 2.24) is 4.98 Å². The van der Waals surface area contributed by atoms with Crippen LogP contribution in [-0.4, -0.2) is 18.4 Å². The van der Waals surface area contributed by atoms with Crippen LogP contribution in [0.15, 0.2) is 36.7 Å². The van der Waals surface area contributed by atoms with Crippen molar-refractivity contribution in [3.8, 4) is 11.5 Å². The summed E-state index contributed by atoms with van der Waals surface area (Å²) in [5.41, 5.74) is 1.25. The molecule has 4 nitrogen and oxygen atoms in total. The molecule has 5 heteroatoms. The molecular formula is C14H12ClNO3. The molecule has 1 heterocycles. The second-order valence-corrected chi connectivity index (χ2v) is 4.23. The summed E-state index contributed by atoms with van der Waals surface area (Å²) in [7, 11) is 1.50. The fourth-order valence-electron chi connectivity index (χ4n) is 1.62. The first kappa shape index (κ1) is 13.4. The second kappa shape index (κ2) is 6.20. The predicted octanol–water partition coefficient (Wildman–Crippen LogP) is 3.14. The number of aldehydes is 1. The predicted molar refractivity (Wildman–Crippen MR) is 72.0 cm³/mol. The molecule has 0 fully saturated rings. The number of benzene rings is 1. The number of methoxy groups -OCH3 is 1. The molecule has 0 unspecified atom stereocenters. The molecule has 0 aliphatic carbocycles. The first-order valence-electron chi connectivity index (χ1n) is 5.59. The Hall–Kier alpha value is -2.07. The Kier molecular flexibility index (Phi) is 4.36. The van der Waals surface area contributed by atoms with Crippen LogP contribution in [0.1, 0.15) is 15.9 Å². The first-order chi connectivity index (χ1) is 9.24. The van der Waals surface area contributed by atoms with E-state index in [2.05, 4.69) is 4.98 Å². The molecule has 0 atom stereocenters. The van der Waals surface area contributed by atoms with Crippen molar-refractivity contribution in [2.45, 2.75) is 6.61 Å². The third-order valence-electron chi connectivity index (χ3n) is 2.50. The SMILES string of the molecule is COc1cc(Cl)cc(C=O)c1OCc1cccnc1. The van der Waals surface area contributed by atoms with Gasteiger partial charge in [-0.25, -0.2) is 0 Å². The molecule has 0 amide bonds. The van der Waals surface area contributed by atoms with Crippen LogP contribution in [0.4, 0.5) is 0 Å². The van der Waals surface area contributed by atoms with Crippen LogP contribution < -0.4 is 9.47 Å². The van der Waals surface area contributed by atoms with E-state index in [1.807, 2.05) is 12.1 Å². The van der Waals surface area contributed by atoms with Crippen LogP contribution in [0.25, 0.3) is 0 Å². The van der Waals surface area contributed by atoms with Gasteiger partial charge in [-0.1, -0.05) is 17.7 Å². The molecule has 2 aromatic rings. The van der Waals surface area contributed by atoms with Gasteiger partial charge in [0.25, 0.3) is 0 Å².